The number of hydrogen-bond acceptors (Lipinski definition) is 10. The molecule has 1 aliphatic rings. The van der Waals surface area contributed by atoms with Crippen LogP contribution in [0.15, 0.2) is 31.7 Å². The number of amides is 1. The van der Waals surface area contributed by atoms with Gasteiger partial charge in [0.2, 0.25) is 0 Å². The first-order valence-electron chi connectivity index (χ1n) is 11.1. The van der Waals surface area contributed by atoms with Gasteiger partial charge in [-0.05, 0) is 31.5 Å². The predicted molar refractivity (Wildman–Crippen MR) is 156 cm³/mol. The SMILES string of the molecule is CCOc1cc2c(cc1C(=O)NC)C(=N)N(CC(=O)c1c(SF)c(SF)c(SF)c(N(CC)SF)c1SF)C2.Cl. The van der Waals surface area contributed by atoms with Crippen LogP contribution in [-0.2, 0) is 6.54 Å². The smallest absolute Gasteiger partial charge is 0.254 e. The Balaban J connectivity index is 0.00000560. The van der Waals surface area contributed by atoms with Crippen LogP contribution in [0.25, 0.3) is 0 Å². The van der Waals surface area contributed by atoms with E-state index in [4.69, 9.17) is 10.1 Å². The minimum absolute atomic E-state index is 0. The summed E-state index contributed by atoms with van der Waals surface area (Å²) in [7, 11) is 1.44. The second kappa shape index (κ2) is 15.5. The lowest BCUT2D eigenvalue weighted by Gasteiger charge is -2.26. The highest BCUT2D eigenvalue weighted by Crippen LogP contribution is 2.53. The average molecular weight is 681 g/mol. The summed E-state index contributed by atoms with van der Waals surface area (Å²) in [4.78, 5) is 24.8. The molecule has 0 aliphatic carbocycles. The molecule has 1 amide bonds. The van der Waals surface area contributed by atoms with E-state index in [-0.39, 0.29) is 61.6 Å². The molecule has 0 spiro atoms. The molecule has 2 N–H and O–H groups in total. The number of carbonyl (C=O) groups is 2. The Morgan fingerprint density at radius 3 is 2.15 bits per heavy atom. The summed E-state index contributed by atoms with van der Waals surface area (Å²) in [5.41, 5.74) is 0.0592. The zero-order valence-electron chi connectivity index (χ0n) is 20.9. The van der Waals surface area contributed by atoms with E-state index < -0.39 is 97.7 Å². The number of nitrogens with zero attached hydrogens (tertiary/aromatic N) is 2. The Morgan fingerprint density at radius 1 is 1.02 bits per heavy atom. The second-order valence-electron chi connectivity index (χ2n) is 7.76. The van der Waals surface area contributed by atoms with Crippen LogP contribution in [0.1, 0.15) is 45.7 Å². The summed E-state index contributed by atoms with van der Waals surface area (Å²) >= 11 is -2.54. The van der Waals surface area contributed by atoms with Gasteiger partial charge in [0.05, 0.1) is 98.1 Å². The summed E-state index contributed by atoms with van der Waals surface area (Å²) in [5, 5.41) is 11.1. The molecule has 0 saturated heterocycles. The van der Waals surface area contributed by atoms with Crippen molar-refractivity contribution in [2.24, 2.45) is 0 Å². The number of amidine groups is 1. The number of halogens is 6. The molecular weight excluding hydrogens is 659 g/mol. The van der Waals surface area contributed by atoms with E-state index in [1.165, 1.54) is 24.9 Å². The Labute approximate surface area is 256 Å². The number of Topliss-reactive ketones (excluding diaryl/α,β-unsaturated/α-hetero) is 1. The number of ether oxygens (including phenoxy) is 1. The highest BCUT2D eigenvalue weighted by molar-refractivity contribution is 7.99. The van der Waals surface area contributed by atoms with Crippen LogP contribution in [0.5, 0.6) is 5.75 Å². The molecule has 0 aromatic heterocycles. The minimum Gasteiger partial charge on any atom is -0.493 e. The molecule has 1 aliphatic heterocycles. The summed E-state index contributed by atoms with van der Waals surface area (Å²) in [6, 6.07) is 3.04. The van der Waals surface area contributed by atoms with Crippen LogP contribution in [0.3, 0.4) is 0 Å². The van der Waals surface area contributed by atoms with Crippen molar-refractivity contribution in [2.75, 3.05) is 31.0 Å². The standard InChI is InChI=1S/C22H21F5N4O3S5.ClH/c1-4-31(39-27)16-17(35-23)15(18(36-24)20(38-26)19(16)37-25)13(32)9-30-8-10-6-14(34-5-2)12(22(33)29-3)7-11(10)21(30)28;/h6-7,28H,4-5,8-9H2,1-3H3,(H,29,33);1H. The van der Waals surface area contributed by atoms with Gasteiger partial charge in [-0.2, -0.15) is 15.5 Å². The molecule has 0 fully saturated rings. The van der Waals surface area contributed by atoms with E-state index >= 15 is 0 Å². The quantitative estimate of drug-likeness (QED) is 0.123. The van der Waals surface area contributed by atoms with Crippen LogP contribution < -0.4 is 14.4 Å². The van der Waals surface area contributed by atoms with E-state index in [1.54, 1.807) is 13.0 Å². The lowest BCUT2D eigenvalue weighted by molar-refractivity contribution is 0.0949. The van der Waals surface area contributed by atoms with Crippen molar-refractivity contribution >= 4 is 96.5 Å². The van der Waals surface area contributed by atoms with Crippen molar-refractivity contribution in [3.05, 3.63) is 34.4 Å². The fraction of sp³-hybridized carbons (Fsp3) is 0.318. The highest BCUT2D eigenvalue weighted by Gasteiger charge is 2.35. The molecule has 40 heavy (non-hydrogen) atoms. The van der Waals surface area contributed by atoms with Gasteiger partial charge in [0.15, 0.2) is 18.1 Å². The fourth-order valence-electron chi connectivity index (χ4n) is 4.06. The van der Waals surface area contributed by atoms with Crippen LogP contribution in [0, 0.1) is 5.41 Å². The topological polar surface area (TPSA) is 85.7 Å². The van der Waals surface area contributed by atoms with Crippen molar-refractivity contribution in [1.29, 1.82) is 5.41 Å². The third-order valence-electron chi connectivity index (χ3n) is 5.75. The first-order chi connectivity index (χ1) is 18.8. The Kier molecular flexibility index (Phi) is 13.4. The number of carbonyl (C=O) groups excluding carboxylic acids is 2. The minimum atomic E-state index is -0.906. The molecule has 3 rings (SSSR count). The zero-order chi connectivity index (χ0) is 28.9. The Morgan fingerprint density at radius 2 is 1.65 bits per heavy atom. The van der Waals surface area contributed by atoms with Gasteiger partial charge in [-0.3, -0.25) is 19.3 Å². The molecule has 0 unspecified atom stereocenters. The molecule has 7 nitrogen and oxygen atoms in total. The normalized spacial score (nSPS) is 12.2. The number of benzene rings is 2. The molecule has 18 heteroatoms. The van der Waals surface area contributed by atoms with E-state index in [2.05, 4.69) is 5.32 Å². The number of ketones is 1. The van der Waals surface area contributed by atoms with Gasteiger partial charge in [-0.15, -0.1) is 16.3 Å². The van der Waals surface area contributed by atoms with E-state index in [0.717, 1.165) is 4.31 Å². The predicted octanol–water partition coefficient (Wildman–Crippen LogP) is 8.16. The fourth-order valence-corrected chi connectivity index (χ4v) is 6.94. The Bertz CT molecular complexity index is 1290. The first kappa shape index (κ1) is 34.5. The van der Waals surface area contributed by atoms with E-state index in [0.29, 0.717) is 11.1 Å². The van der Waals surface area contributed by atoms with Gasteiger partial charge in [0.25, 0.3) is 5.91 Å². The third-order valence-corrected chi connectivity index (χ3v) is 8.84. The summed E-state index contributed by atoms with van der Waals surface area (Å²) in [5.74, 6) is -1.21. The lowest BCUT2D eigenvalue weighted by atomic mass is 10.0. The van der Waals surface area contributed by atoms with Crippen LogP contribution in [-0.4, -0.2) is 49.2 Å². The van der Waals surface area contributed by atoms with E-state index in [1.807, 2.05) is 0 Å². The van der Waals surface area contributed by atoms with Crippen molar-refractivity contribution in [3.63, 3.8) is 0 Å². The van der Waals surface area contributed by atoms with Gasteiger partial charge in [0.1, 0.15) is 11.6 Å². The Hall–Kier alpha value is -1.66. The molecule has 2 aromatic rings. The maximum Gasteiger partial charge on any atom is 0.254 e. The zero-order valence-corrected chi connectivity index (χ0v) is 25.8. The molecule has 220 valence electrons. The number of fused-ring (bicyclic) bond motifs is 1. The average Bonchev–Trinajstić information content (AvgIpc) is 3.25. The lowest BCUT2D eigenvalue weighted by Crippen LogP contribution is -2.31. The van der Waals surface area contributed by atoms with Crippen molar-refractivity contribution < 1.29 is 33.8 Å². The van der Waals surface area contributed by atoms with Crippen molar-refractivity contribution in [2.45, 2.75) is 40.0 Å². The summed E-state index contributed by atoms with van der Waals surface area (Å²) in [6.07, 6.45) is 0. The van der Waals surface area contributed by atoms with Crippen molar-refractivity contribution in [3.8, 4) is 5.75 Å². The molecule has 0 radical (unpaired) electrons. The van der Waals surface area contributed by atoms with Crippen LogP contribution in [0.4, 0.5) is 25.1 Å². The maximum absolute atomic E-state index is 14.3. The molecule has 1 heterocycles. The van der Waals surface area contributed by atoms with Crippen LogP contribution in [0.2, 0.25) is 0 Å². The molecule has 0 bridgehead atoms. The highest BCUT2D eigenvalue weighted by atomic mass is 35.5. The number of nitrogens with one attached hydrogen (secondary N) is 2. The van der Waals surface area contributed by atoms with Gasteiger partial charge < -0.3 is 15.0 Å². The first-order valence-corrected chi connectivity index (χ1v) is 14.6. The number of anilines is 1. The van der Waals surface area contributed by atoms with Crippen LogP contribution >= 0.6 is 73.3 Å². The maximum atomic E-state index is 14.3. The van der Waals surface area contributed by atoms with Gasteiger partial charge in [-0.25, -0.2) is 0 Å². The van der Waals surface area contributed by atoms with Crippen molar-refractivity contribution in [1.82, 2.24) is 10.2 Å². The number of rotatable bonds is 13. The molecule has 0 saturated carbocycles. The van der Waals surface area contributed by atoms with Gasteiger partial charge in [-0.1, -0.05) is 0 Å². The van der Waals surface area contributed by atoms with Gasteiger partial charge >= 0.3 is 0 Å². The summed E-state index contributed by atoms with van der Waals surface area (Å²) in [6.45, 7) is 2.82. The second-order valence-corrected chi connectivity index (χ2v) is 10.6. The van der Waals surface area contributed by atoms with Gasteiger partial charge in [0, 0.05) is 25.7 Å². The summed E-state index contributed by atoms with van der Waals surface area (Å²) < 4.78 is 76.4. The number of hydrogen-bond donors (Lipinski definition) is 2. The largest absolute Gasteiger partial charge is 0.493 e. The molecule has 2 aromatic carbocycles. The monoisotopic (exact) mass is 680 g/mol. The molecular formula is C22H22ClF5N4O3S5. The third kappa shape index (κ3) is 6.53. The van der Waals surface area contributed by atoms with E-state index in [9.17, 15) is 29.0 Å². The molecule has 0 atom stereocenters.